The third-order valence-electron chi connectivity index (χ3n) is 4.71. The van der Waals surface area contributed by atoms with Crippen LogP contribution in [0.5, 0.6) is 5.75 Å². The Hall–Kier alpha value is -2.98. The van der Waals surface area contributed by atoms with Crippen LogP contribution < -0.4 is 20.0 Å². The minimum atomic E-state index is 0.397. The van der Waals surface area contributed by atoms with Crippen molar-refractivity contribution in [1.29, 1.82) is 0 Å². The summed E-state index contributed by atoms with van der Waals surface area (Å²) in [6.45, 7) is 5.63. The second kappa shape index (κ2) is 9.48. The summed E-state index contributed by atoms with van der Waals surface area (Å²) in [5, 5.41) is 4.30. The van der Waals surface area contributed by atoms with Crippen molar-refractivity contribution in [1.82, 2.24) is 15.0 Å². The molecule has 0 unspecified atom stereocenters. The van der Waals surface area contributed by atoms with E-state index in [-0.39, 0.29) is 0 Å². The highest BCUT2D eigenvalue weighted by molar-refractivity contribution is 5.83. The zero-order valence-electron chi connectivity index (χ0n) is 16.5. The van der Waals surface area contributed by atoms with Crippen molar-refractivity contribution in [3.05, 3.63) is 29.8 Å². The van der Waals surface area contributed by atoms with E-state index in [4.69, 9.17) is 14.2 Å². The van der Waals surface area contributed by atoms with Crippen LogP contribution in [0, 0.1) is 0 Å². The van der Waals surface area contributed by atoms with Crippen LogP contribution >= 0.6 is 0 Å². The van der Waals surface area contributed by atoms with Gasteiger partial charge in [0.05, 0.1) is 39.8 Å². The Morgan fingerprint density at radius 2 is 1.52 bits per heavy atom. The van der Waals surface area contributed by atoms with Crippen molar-refractivity contribution in [3.8, 4) is 5.75 Å². The third-order valence-corrected chi connectivity index (χ3v) is 4.71. The molecule has 0 amide bonds. The number of nitrogens with zero attached hydrogens (tertiary/aromatic N) is 6. The van der Waals surface area contributed by atoms with Crippen molar-refractivity contribution in [2.75, 3.05) is 74.9 Å². The Labute approximate surface area is 169 Å². The first kappa shape index (κ1) is 19.3. The van der Waals surface area contributed by atoms with Gasteiger partial charge in [-0.05, 0) is 12.1 Å². The second-order valence-electron chi connectivity index (χ2n) is 6.57. The maximum absolute atomic E-state index is 5.44. The number of rotatable bonds is 6. The van der Waals surface area contributed by atoms with Crippen LogP contribution in [0.4, 0.5) is 17.8 Å². The molecule has 3 heterocycles. The first-order chi connectivity index (χ1) is 14.3. The maximum Gasteiger partial charge on any atom is 0.250 e. The minimum absolute atomic E-state index is 0.397. The molecule has 4 rings (SSSR count). The van der Waals surface area contributed by atoms with Gasteiger partial charge in [0.2, 0.25) is 17.8 Å². The van der Waals surface area contributed by atoms with Gasteiger partial charge in [0.1, 0.15) is 5.75 Å². The molecular formula is C19H25N7O3. The van der Waals surface area contributed by atoms with Gasteiger partial charge >= 0.3 is 0 Å². The number of hydrogen-bond acceptors (Lipinski definition) is 10. The Kier molecular flexibility index (Phi) is 6.32. The number of anilines is 3. The van der Waals surface area contributed by atoms with E-state index < -0.39 is 0 Å². The lowest BCUT2D eigenvalue weighted by atomic mass is 10.2. The van der Waals surface area contributed by atoms with Crippen LogP contribution in [0.25, 0.3) is 0 Å². The number of hydrazone groups is 1. The molecule has 2 fully saturated rings. The molecule has 29 heavy (non-hydrogen) atoms. The van der Waals surface area contributed by atoms with Gasteiger partial charge in [0, 0.05) is 31.7 Å². The van der Waals surface area contributed by atoms with Crippen LogP contribution in [0.2, 0.25) is 0 Å². The molecule has 10 nitrogen and oxygen atoms in total. The summed E-state index contributed by atoms with van der Waals surface area (Å²) in [5.74, 6) is 2.39. The molecule has 1 N–H and O–H groups in total. The highest BCUT2D eigenvalue weighted by Crippen LogP contribution is 2.19. The molecule has 0 saturated carbocycles. The molecule has 0 aliphatic carbocycles. The first-order valence-corrected chi connectivity index (χ1v) is 9.67. The largest absolute Gasteiger partial charge is 0.496 e. The average molecular weight is 399 g/mol. The zero-order chi connectivity index (χ0) is 19.9. The second-order valence-corrected chi connectivity index (χ2v) is 6.57. The summed E-state index contributed by atoms with van der Waals surface area (Å²) >= 11 is 0. The van der Waals surface area contributed by atoms with E-state index in [1.165, 1.54) is 0 Å². The quantitative estimate of drug-likeness (QED) is 0.563. The van der Waals surface area contributed by atoms with Gasteiger partial charge in [0.15, 0.2) is 0 Å². The van der Waals surface area contributed by atoms with Crippen molar-refractivity contribution >= 4 is 24.1 Å². The lowest BCUT2D eigenvalue weighted by Gasteiger charge is -2.30. The van der Waals surface area contributed by atoms with E-state index in [0.29, 0.717) is 44.3 Å². The van der Waals surface area contributed by atoms with Crippen molar-refractivity contribution in [2.24, 2.45) is 5.10 Å². The van der Waals surface area contributed by atoms with E-state index in [1.807, 2.05) is 24.3 Å². The fourth-order valence-corrected chi connectivity index (χ4v) is 3.15. The van der Waals surface area contributed by atoms with Gasteiger partial charge in [-0.25, -0.2) is 5.43 Å². The van der Waals surface area contributed by atoms with E-state index in [0.717, 1.165) is 37.5 Å². The molecule has 1 aromatic heterocycles. The van der Waals surface area contributed by atoms with Crippen LogP contribution in [0.15, 0.2) is 29.4 Å². The van der Waals surface area contributed by atoms with Crippen LogP contribution in [-0.4, -0.2) is 80.9 Å². The number of morpholine rings is 2. The van der Waals surface area contributed by atoms with Crippen LogP contribution in [0.1, 0.15) is 5.56 Å². The predicted molar refractivity (Wildman–Crippen MR) is 110 cm³/mol. The molecule has 2 saturated heterocycles. The lowest BCUT2D eigenvalue weighted by molar-refractivity contribution is 0.121. The molecule has 2 aromatic rings. The molecule has 2 aliphatic heterocycles. The fourth-order valence-electron chi connectivity index (χ4n) is 3.15. The number of ether oxygens (including phenoxy) is 3. The molecule has 154 valence electrons. The van der Waals surface area contributed by atoms with Crippen molar-refractivity contribution < 1.29 is 14.2 Å². The van der Waals surface area contributed by atoms with Crippen LogP contribution in [-0.2, 0) is 9.47 Å². The molecule has 2 aliphatic rings. The monoisotopic (exact) mass is 399 g/mol. The number of benzene rings is 1. The van der Waals surface area contributed by atoms with E-state index in [1.54, 1.807) is 13.3 Å². The number of hydrogen-bond donors (Lipinski definition) is 1. The molecule has 0 spiro atoms. The molecule has 0 atom stereocenters. The smallest absolute Gasteiger partial charge is 0.250 e. The summed E-state index contributed by atoms with van der Waals surface area (Å²) in [7, 11) is 1.63. The predicted octanol–water partition coefficient (Wildman–Crippen LogP) is 0.999. The van der Waals surface area contributed by atoms with Crippen molar-refractivity contribution in [2.45, 2.75) is 0 Å². The highest BCUT2D eigenvalue weighted by Gasteiger charge is 2.20. The summed E-state index contributed by atoms with van der Waals surface area (Å²) in [4.78, 5) is 18.0. The summed E-state index contributed by atoms with van der Waals surface area (Å²) < 4.78 is 16.2. The van der Waals surface area contributed by atoms with Gasteiger partial charge in [-0.15, -0.1) is 0 Å². The minimum Gasteiger partial charge on any atom is -0.496 e. The fraction of sp³-hybridized carbons (Fsp3) is 0.474. The average Bonchev–Trinajstić information content (AvgIpc) is 2.80. The van der Waals surface area contributed by atoms with E-state index >= 15 is 0 Å². The Bertz CT molecular complexity index is 800. The first-order valence-electron chi connectivity index (χ1n) is 9.67. The molecule has 0 radical (unpaired) electrons. The zero-order valence-corrected chi connectivity index (χ0v) is 16.5. The van der Waals surface area contributed by atoms with Gasteiger partial charge in [0.25, 0.3) is 0 Å². The molecule has 10 heteroatoms. The molecule has 1 aromatic carbocycles. The van der Waals surface area contributed by atoms with E-state index in [2.05, 4.69) is 35.3 Å². The van der Waals surface area contributed by atoms with E-state index in [9.17, 15) is 0 Å². The van der Waals surface area contributed by atoms with Crippen LogP contribution in [0.3, 0.4) is 0 Å². The SMILES string of the molecule is COc1ccccc1/C=N/Nc1nc(N2CCOCC2)nc(N2CCOCC2)n1. The topological polar surface area (TPSA) is 97.2 Å². The summed E-state index contributed by atoms with van der Waals surface area (Å²) in [6.07, 6.45) is 1.69. The molecule has 0 bridgehead atoms. The number of methoxy groups -OCH3 is 1. The molecular weight excluding hydrogens is 374 g/mol. The van der Waals surface area contributed by atoms with Gasteiger partial charge < -0.3 is 24.0 Å². The Morgan fingerprint density at radius 1 is 0.931 bits per heavy atom. The maximum atomic E-state index is 5.44. The number of aromatic nitrogens is 3. The Balaban J connectivity index is 1.56. The number of nitrogens with one attached hydrogen (secondary N) is 1. The summed E-state index contributed by atoms with van der Waals surface area (Å²) in [5.41, 5.74) is 3.80. The van der Waals surface area contributed by atoms with Gasteiger partial charge in [-0.3, -0.25) is 0 Å². The number of para-hydroxylation sites is 1. The Morgan fingerprint density at radius 3 is 2.10 bits per heavy atom. The van der Waals surface area contributed by atoms with Gasteiger partial charge in [-0.1, -0.05) is 12.1 Å². The highest BCUT2D eigenvalue weighted by atomic mass is 16.5. The van der Waals surface area contributed by atoms with Gasteiger partial charge in [-0.2, -0.15) is 20.1 Å². The standard InChI is InChI=1S/C19H25N7O3/c1-27-16-5-3-2-4-15(16)14-20-24-17-21-18(25-6-10-28-11-7-25)23-19(22-17)26-8-12-29-13-9-26/h2-5,14H,6-13H2,1H3,(H,21,22,23,24)/b20-14+. The normalized spacial score (nSPS) is 17.6. The third kappa shape index (κ3) is 4.90. The summed E-state index contributed by atoms with van der Waals surface area (Å²) in [6, 6.07) is 7.66. The van der Waals surface area contributed by atoms with Crippen molar-refractivity contribution in [3.63, 3.8) is 0 Å². The lowest BCUT2D eigenvalue weighted by Crippen LogP contribution is -2.40.